The summed E-state index contributed by atoms with van der Waals surface area (Å²) < 4.78 is 44.1. The lowest BCUT2D eigenvalue weighted by molar-refractivity contribution is -0.138. The van der Waals surface area contributed by atoms with Crippen LogP contribution in [0.4, 0.5) is 18.2 Å². The number of nitrogens with one attached hydrogen (secondary N) is 1. The van der Waals surface area contributed by atoms with Crippen molar-refractivity contribution in [3.8, 4) is 0 Å². The predicted molar refractivity (Wildman–Crippen MR) is 96.7 cm³/mol. The lowest BCUT2D eigenvalue weighted by Gasteiger charge is -2.19. The van der Waals surface area contributed by atoms with E-state index in [0.29, 0.717) is 5.00 Å². The number of anilines is 1. The minimum atomic E-state index is -4.45. The molecule has 5 nitrogen and oxygen atoms in total. The van der Waals surface area contributed by atoms with E-state index >= 15 is 0 Å². The zero-order chi connectivity index (χ0) is 20.0. The van der Waals surface area contributed by atoms with Gasteiger partial charge < -0.3 is 10.1 Å². The van der Waals surface area contributed by atoms with E-state index in [4.69, 9.17) is 4.74 Å². The van der Waals surface area contributed by atoms with Gasteiger partial charge in [-0.25, -0.2) is 4.79 Å². The van der Waals surface area contributed by atoms with Crippen LogP contribution in [0.5, 0.6) is 0 Å². The molecule has 2 aromatic rings. The Labute approximate surface area is 158 Å². The highest BCUT2D eigenvalue weighted by Gasteiger charge is 2.33. The van der Waals surface area contributed by atoms with E-state index in [9.17, 15) is 22.8 Å². The van der Waals surface area contributed by atoms with Crippen molar-refractivity contribution in [1.29, 1.82) is 0 Å². The molecule has 2 rings (SSSR count). The van der Waals surface area contributed by atoms with Gasteiger partial charge >= 0.3 is 12.1 Å². The number of carbonyl (C=O) groups excluding carboxylic acids is 2. The minimum Gasteiger partial charge on any atom is -0.462 e. The average molecular weight is 400 g/mol. The number of benzene rings is 1. The third-order valence-electron chi connectivity index (χ3n) is 3.59. The smallest absolute Gasteiger partial charge is 0.416 e. The maximum Gasteiger partial charge on any atom is 0.416 e. The lowest BCUT2D eigenvalue weighted by atomic mass is 10.1. The second-order valence-corrected chi connectivity index (χ2v) is 6.68. The molecule has 1 amide bonds. The summed E-state index contributed by atoms with van der Waals surface area (Å²) in [5.41, 5.74) is -0.385. The molecule has 27 heavy (non-hydrogen) atoms. The quantitative estimate of drug-likeness (QED) is 0.714. The molecular formula is C18H19F3N2O3S. The highest BCUT2D eigenvalue weighted by molar-refractivity contribution is 7.14. The number of carbonyl (C=O) groups is 2. The maximum atomic E-state index is 13.1. The van der Waals surface area contributed by atoms with Gasteiger partial charge in [-0.3, -0.25) is 9.69 Å². The van der Waals surface area contributed by atoms with Crippen LogP contribution in [-0.2, 0) is 22.3 Å². The third kappa shape index (κ3) is 5.80. The molecule has 1 aromatic carbocycles. The summed E-state index contributed by atoms with van der Waals surface area (Å²) in [5, 5.41) is 4.60. The number of rotatable bonds is 7. The van der Waals surface area contributed by atoms with Gasteiger partial charge in [0.05, 0.1) is 24.3 Å². The lowest BCUT2D eigenvalue weighted by Crippen LogP contribution is -2.30. The third-order valence-corrected chi connectivity index (χ3v) is 4.42. The number of alkyl halides is 3. The van der Waals surface area contributed by atoms with E-state index in [1.165, 1.54) is 34.4 Å². The molecular weight excluding hydrogens is 381 g/mol. The van der Waals surface area contributed by atoms with E-state index in [0.717, 1.165) is 6.07 Å². The van der Waals surface area contributed by atoms with Gasteiger partial charge in [-0.1, -0.05) is 18.2 Å². The molecule has 1 N–H and O–H groups in total. The molecule has 1 aromatic heterocycles. The Morgan fingerprint density at radius 1 is 1.22 bits per heavy atom. The molecule has 0 unspecified atom stereocenters. The van der Waals surface area contributed by atoms with Crippen molar-refractivity contribution in [3.05, 3.63) is 52.4 Å². The van der Waals surface area contributed by atoms with Crippen LogP contribution in [0.3, 0.4) is 0 Å². The van der Waals surface area contributed by atoms with E-state index < -0.39 is 23.6 Å². The molecule has 0 saturated heterocycles. The van der Waals surface area contributed by atoms with Crippen LogP contribution < -0.4 is 5.32 Å². The van der Waals surface area contributed by atoms with E-state index in [-0.39, 0.29) is 30.8 Å². The topological polar surface area (TPSA) is 58.6 Å². The largest absolute Gasteiger partial charge is 0.462 e. The number of amides is 1. The molecule has 0 fully saturated rings. The predicted octanol–water partition coefficient (Wildman–Crippen LogP) is 4.01. The fourth-order valence-corrected chi connectivity index (χ4v) is 3.26. The normalized spacial score (nSPS) is 11.5. The highest BCUT2D eigenvalue weighted by atomic mass is 32.1. The van der Waals surface area contributed by atoms with Crippen molar-refractivity contribution in [2.45, 2.75) is 19.6 Å². The van der Waals surface area contributed by atoms with E-state index in [1.807, 2.05) is 0 Å². The zero-order valence-electron chi connectivity index (χ0n) is 14.8. The summed E-state index contributed by atoms with van der Waals surface area (Å²) in [4.78, 5) is 25.5. The number of likely N-dealkylation sites (N-methyl/N-ethyl adjacent to an activating group) is 1. The van der Waals surface area contributed by atoms with Crippen molar-refractivity contribution in [2.24, 2.45) is 0 Å². The van der Waals surface area contributed by atoms with Gasteiger partial charge in [0, 0.05) is 6.54 Å². The van der Waals surface area contributed by atoms with Crippen LogP contribution in [0.25, 0.3) is 0 Å². The molecule has 9 heteroatoms. The average Bonchev–Trinajstić information content (AvgIpc) is 3.02. The summed E-state index contributed by atoms with van der Waals surface area (Å²) in [5.74, 6) is -0.975. The Kier molecular flexibility index (Phi) is 6.98. The number of hydrogen-bond acceptors (Lipinski definition) is 5. The summed E-state index contributed by atoms with van der Waals surface area (Å²) in [6.07, 6.45) is -4.45. The zero-order valence-corrected chi connectivity index (χ0v) is 15.6. The van der Waals surface area contributed by atoms with Gasteiger partial charge in [0.25, 0.3) is 0 Å². The molecule has 0 aliphatic heterocycles. The summed E-state index contributed by atoms with van der Waals surface area (Å²) in [7, 11) is 1.55. The summed E-state index contributed by atoms with van der Waals surface area (Å²) >= 11 is 1.17. The number of thiophene rings is 1. The standard InChI is InChI=1S/C18H19F3N2O3S/c1-3-26-17(25)13-8-9-27-16(13)22-15(24)11-23(2)10-12-6-4-5-7-14(12)18(19,20)21/h4-9H,3,10-11H2,1-2H3,(H,22,24). The minimum absolute atomic E-state index is 0.0434. The van der Waals surface area contributed by atoms with Crippen LogP contribution >= 0.6 is 11.3 Å². The summed E-state index contributed by atoms with van der Waals surface area (Å²) in [6.45, 7) is 1.71. The SMILES string of the molecule is CCOC(=O)c1ccsc1NC(=O)CN(C)Cc1ccccc1C(F)(F)F. The van der Waals surface area contributed by atoms with Gasteiger partial charge in [-0.05, 0) is 37.0 Å². The van der Waals surface area contributed by atoms with E-state index in [1.54, 1.807) is 25.4 Å². The monoisotopic (exact) mass is 400 g/mol. The van der Waals surface area contributed by atoms with Crippen LogP contribution in [-0.4, -0.2) is 37.0 Å². The van der Waals surface area contributed by atoms with Gasteiger partial charge in [-0.15, -0.1) is 11.3 Å². The second kappa shape index (κ2) is 9.01. The molecule has 0 aliphatic carbocycles. The number of esters is 1. The number of nitrogens with zero attached hydrogens (tertiary/aromatic N) is 1. The Hall–Kier alpha value is -2.39. The molecule has 0 aliphatic rings. The highest BCUT2D eigenvalue weighted by Crippen LogP contribution is 2.32. The van der Waals surface area contributed by atoms with Crippen molar-refractivity contribution >= 4 is 28.2 Å². The fraction of sp³-hybridized carbons (Fsp3) is 0.333. The number of halogens is 3. The number of hydrogen-bond donors (Lipinski definition) is 1. The molecule has 146 valence electrons. The first-order valence-corrected chi connectivity index (χ1v) is 8.98. The Morgan fingerprint density at radius 3 is 2.59 bits per heavy atom. The maximum absolute atomic E-state index is 13.1. The van der Waals surface area contributed by atoms with E-state index in [2.05, 4.69) is 5.32 Å². The fourth-order valence-electron chi connectivity index (χ4n) is 2.47. The molecule has 0 bridgehead atoms. The van der Waals surface area contributed by atoms with Gasteiger partial charge in [-0.2, -0.15) is 13.2 Å². The van der Waals surface area contributed by atoms with Crippen molar-refractivity contribution in [1.82, 2.24) is 4.90 Å². The Bertz CT molecular complexity index is 805. The first-order chi connectivity index (χ1) is 12.7. The van der Waals surface area contributed by atoms with Gasteiger partial charge in [0.1, 0.15) is 5.00 Å². The van der Waals surface area contributed by atoms with Crippen molar-refractivity contribution in [3.63, 3.8) is 0 Å². The summed E-state index contributed by atoms with van der Waals surface area (Å²) in [6, 6.07) is 6.79. The first-order valence-electron chi connectivity index (χ1n) is 8.10. The molecule has 1 heterocycles. The molecule has 0 saturated carbocycles. The Morgan fingerprint density at radius 2 is 1.93 bits per heavy atom. The molecule has 0 atom stereocenters. The van der Waals surface area contributed by atoms with Gasteiger partial charge in [0.2, 0.25) is 5.91 Å². The second-order valence-electron chi connectivity index (χ2n) is 5.76. The van der Waals surface area contributed by atoms with Crippen molar-refractivity contribution < 1.29 is 27.5 Å². The molecule has 0 spiro atoms. The van der Waals surface area contributed by atoms with Crippen LogP contribution in [0.15, 0.2) is 35.7 Å². The first kappa shape index (κ1) is 20.9. The van der Waals surface area contributed by atoms with Crippen molar-refractivity contribution in [2.75, 3.05) is 25.5 Å². The Balaban J connectivity index is 2.00. The molecule has 0 radical (unpaired) electrons. The van der Waals surface area contributed by atoms with Crippen LogP contribution in [0.2, 0.25) is 0 Å². The van der Waals surface area contributed by atoms with Crippen LogP contribution in [0, 0.1) is 0 Å². The number of ether oxygens (including phenoxy) is 1. The van der Waals surface area contributed by atoms with Crippen LogP contribution in [0.1, 0.15) is 28.4 Å². The van der Waals surface area contributed by atoms with Gasteiger partial charge in [0.15, 0.2) is 0 Å².